The van der Waals surface area contributed by atoms with Gasteiger partial charge in [0, 0.05) is 29.9 Å². The highest BCUT2D eigenvalue weighted by atomic mass is 32.1. The van der Waals surface area contributed by atoms with Crippen molar-refractivity contribution in [2.75, 3.05) is 20.1 Å². The average Bonchev–Trinajstić information content (AvgIpc) is 3.12. The van der Waals surface area contributed by atoms with Crippen LogP contribution in [-0.4, -0.2) is 35.8 Å². The third kappa shape index (κ3) is 5.12. The van der Waals surface area contributed by atoms with Crippen LogP contribution in [0.15, 0.2) is 47.7 Å². The molecule has 2 heterocycles. The molecule has 0 spiro atoms. The van der Waals surface area contributed by atoms with Gasteiger partial charge in [-0.2, -0.15) is 0 Å². The minimum Gasteiger partial charge on any atom is -0.340 e. The first-order valence-corrected chi connectivity index (χ1v) is 8.57. The number of carbonyl (C=O) groups excluding carboxylic acids is 1. The summed E-state index contributed by atoms with van der Waals surface area (Å²) in [4.78, 5) is 18.7. The molecule has 2 aromatic rings. The van der Waals surface area contributed by atoms with Crippen LogP contribution in [0.2, 0.25) is 0 Å². The lowest BCUT2D eigenvalue weighted by Crippen LogP contribution is -2.37. The molecule has 3 nitrogen and oxygen atoms in total. The van der Waals surface area contributed by atoms with Crippen molar-refractivity contribution >= 4 is 28.6 Å². The fraction of sp³-hybridized carbons (Fsp3) is 0.312. The Labute approximate surface area is 134 Å². The Balaban J connectivity index is 1.89. The van der Waals surface area contributed by atoms with Crippen LogP contribution in [-0.2, 0) is 17.9 Å². The molecule has 0 saturated heterocycles. The number of thiophene rings is 2. The largest absolute Gasteiger partial charge is 0.340 e. The zero-order chi connectivity index (χ0) is 15.1. The molecule has 5 heteroatoms. The van der Waals surface area contributed by atoms with Gasteiger partial charge in [-0.3, -0.25) is 9.69 Å². The fourth-order valence-electron chi connectivity index (χ4n) is 2.03. The number of nitrogens with zero attached hydrogens (tertiary/aromatic N) is 2. The van der Waals surface area contributed by atoms with Gasteiger partial charge in [-0.1, -0.05) is 18.2 Å². The van der Waals surface area contributed by atoms with Crippen LogP contribution in [0, 0.1) is 0 Å². The number of carbonyl (C=O) groups is 1. The van der Waals surface area contributed by atoms with Crippen molar-refractivity contribution in [3.8, 4) is 0 Å². The van der Waals surface area contributed by atoms with Crippen molar-refractivity contribution in [3.63, 3.8) is 0 Å². The van der Waals surface area contributed by atoms with Crippen LogP contribution in [0.5, 0.6) is 0 Å². The first-order chi connectivity index (χ1) is 10.2. The summed E-state index contributed by atoms with van der Waals surface area (Å²) >= 11 is 3.40. The van der Waals surface area contributed by atoms with E-state index in [-0.39, 0.29) is 5.91 Å². The standard InChI is InChI=1S/C16H20N2OS2/c1-3-8-18(12-15-7-5-10-21-15)13-16(19)17(2)11-14-6-4-9-20-14/h3-7,9-10H,1,8,11-13H2,2H3. The Bertz CT molecular complexity index is 549. The summed E-state index contributed by atoms with van der Waals surface area (Å²) in [5, 5.41) is 4.10. The van der Waals surface area contributed by atoms with Crippen molar-refractivity contribution < 1.29 is 4.79 Å². The second-order valence-corrected chi connectivity index (χ2v) is 6.93. The maximum Gasteiger partial charge on any atom is 0.236 e. The molecule has 1 amide bonds. The van der Waals surface area contributed by atoms with Crippen molar-refractivity contribution in [3.05, 3.63) is 57.4 Å². The molecule has 0 bridgehead atoms. The molecular formula is C16H20N2OS2. The molecule has 0 aliphatic carbocycles. The summed E-state index contributed by atoms with van der Waals surface area (Å²) in [6, 6.07) is 8.21. The highest BCUT2D eigenvalue weighted by Gasteiger charge is 2.15. The Kier molecular flexibility index (Phi) is 6.17. The second kappa shape index (κ2) is 8.12. The lowest BCUT2D eigenvalue weighted by atomic mass is 10.3. The van der Waals surface area contributed by atoms with E-state index in [1.165, 1.54) is 9.75 Å². The molecule has 0 aliphatic rings. The van der Waals surface area contributed by atoms with Gasteiger partial charge in [0.15, 0.2) is 0 Å². The molecule has 2 rings (SSSR count). The molecule has 0 aliphatic heterocycles. The summed E-state index contributed by atoms with van der Waals surface area (Å²) in [6.45, 7) is 6.39. The highest BCUT2D eigenvalue weighted by molar-refractivity contribution is 7.10. The number of hydrogen-bond donors (Lipinski definition) is 0. The van der Waals surface area contributed by atoms with Crippen molar-refractivity contribution in [1.82, 2.24) is 9.80 Å². The van der Waals surface area contributed by atoms with E-state index in [0.717, 1.165) is 13.1 Å². The molecule has 21 heavy (non-hydrogen) atoms. The van der Waals surface area contributed by atoms with Crippen LogP contribution in [0.1, 0.15) is 9.75 Å². The summed E-state index contributed by atoms with van der Waals surface area (Å²) in [6.07, 6.45) is 1.85. The molecule has 0 saturated carbocycles. The molecule has 0 unspecified atom stereocenters. The van der Waals surface area contributed by atoms with Gasteiger partial charge in [-0.25, -0.2) is 0 Å². The Morgan fingerprint density at radius 3 is 2.33 bits per heavy atom. The summed E-state index contributed by atoms with van der Waals surface area (Å²) < 4.78 is 0. The molecular weight excluding hydrogens is 300 g/mol. The second-order valence-electron chi connectivity index (χ2n) is 4.87. The molecule has 2 aromatic heterocycles. The van der Waals surface area contributed by atoms with Gasteiger partial charge in [-0.05, 0) is 22.9 Å². The van der Waals surface area contributed by atoms with Crippen LogP contribution >= 0.6 is 22.7 Å². The Morgan fingerprint density at radius 2 is 1.81 bits per heavy atom. The summed E-state index contributed by atoms with van der Waals surface area (Å²) in [5.41, 5.74) is 0. The molecule has 0 fully saturated rings. The van der Waals surface area contributed by atoms with Crippen molar-refractivity contribution in [1.29, 1.82) is 0 Å². The van der Waals surface area contributed by atoms with E-state index < -0.39 is 0 Å². The number of likely N-dealkylation sites (N-methyl/N-ethyl adjacent to an activating group) is 1. The number of amides is 1. The average molecular weight is 320 g/mol. The van der Waals surface area contributed by atoms with Gasteiger partial charge < -0.3 is 4.90 Å². The summed E-state index contributed by atoms with van der Waals surface area (Å²) in [5.74, 6) is 0.141. The van der Waals surface area contributed by atoms with Gasteiger partial charge in [0.05, 0.1) is 13.1 Å². The smallest absolute Gasteiger partial charge is 0.236 e. The van der Waals surface area contributed by atoms with E-state index >= 15 is 0 Å². The summed E-state index contributed by atoms with van der Waals surface area (Å²) in [7, 11) is 1.86. The normalized spacial score (nSPS) is 10.8. The zero-order valence-corrected chi connectivity index (χ0v) is 13.8. The van der Waals surface area contributed by atoms with E-state index in [2.05, 4.69) is 29.0 Å². The van der Waals surface area contributed by atoms with Crippen LogP contribution in [0.25, 0.3) is 0 Å². The van der Waals surface area contributed by atoms with E-state index in [0.29, 0.717) is 13.1 Å². The van der Waals surface area contributed by atoms with E-state index in [4.69, 9.17) is 0 Å². The predicted molar refractivity (Wildman–Crippen MR) is 90.6 cm³/mol. The lowest BCUT2D eigenvalue weighted by molar-refractivity contribution is -0.131. The first-order valence-electron chi connectivity index (χ1n) is 6.81. The molecule has 0 aromatic carbocycles. The quantitative estimate of drug-likeness (QED) is 0.696. The van der Waals surface area contributed by atoms with E-state index in [1.807, 2.05) is 30.6 Å². The topological polar surface area (TPSA) is 23.6 Å². The van der Waals surface area contributed by atoms with Crippen LogP contribution in [0.3, 0.4) is 0 Å². The SMILES string of the molecule is C=CCN(CC(=O)N(C)Cc1cccs1)Cc1cccs1. The van der Waals surface area contributed by atoms with Gasteiger partial charge in [0.1, 0.15) is 0 Å². The maximum atomic E-state index is 12.3. The van der Waals surface area contributed by atoms with Crippen LogP contribution in [0.4, 0.5) is 0 Å². The maximum absolute atomic E-state index is 12.3. The lowest BCUT2D eigenvalue weighted by Gasteiger charge is -2.23. The molecule has 0 radical (unpaired) electrons. The van der Waals surface area contributed by atoms with E-state index in [1.54, 1.807) is 27.6 Å². The Hall–Kier alpha value is -1.43. The first kappa shape index (κ1) is 15.9. The van der Waals surface area contributed by atoms with Gasteiger partial charge in [0.25, 0.3) is 0 Å². The Morgan fingerprint density at radius 1 is 1.19 bits per heavy atom. The number of rotatable bonds is 8. The van der Waals surface area contributed by atoms with E-state index in [9.17, 15) is 4.79 Å². The van der Waals surface area contributed by atoms with Crippen molar-refractivity contribution in [2.24, 2.45) is 0 Å². The monoisotopic (exact) mass is 320 g/mol. The zero-order valence-electron chi connectivity index (χ0n) is 12.2. The van der Waals surface area contributed by atoms with Gasteiger partial charge in [0.2, 0.25) is 5.91 Å². The minimum absolute atomic E-state index is 0.141. The van der Waals surface area contributed by atoms with Gasteiger partial charge >= 0.3 is 0 Å². The predicted octanol–water partition coefficient (Wildman–Crippen LogP) is 3.46. The third-order valence-electron chi connectivity index (χ3n) is 3.10. The van der Waals surface area contributed by atoms with Crippen LogP contribution < -0.4 is 0 Å². The molecule has 0 atom stereocenters. The number of hydrogen-bond acceptors (Lipinski definition) is 4. The van der Waals surface area contributed by atoms with Crippen molar-refractivity contribution in [2.45, 2.75) is 13.1 Å². The third-order valence-corrected chi connectivity index (χ3v) is 4.83. The van der Waals surface area contributed by atoms with Gasteiger partial charge in [-0.15, -0.1) is 29.3 Å². The minimum atomic E-state index is 0.141. The fourth-order valence-corrected chi connectivity index (χ4v) is 3.53. The molecule has 112 valence electrons. The molecule has 0 N–H and O–H groups in total. The highest BCUT2D eigenvalue weighted by Crippen LogP contribution is 2.13.